The number of rotatable bonds is 14. The second-order valence-electron chi connectivity index (χ2n) is 31.1. The normalized spacial score (nSPS) is 14.0. The first-order valence-electron chi connectivity index (χ1n) is 48.0. The van der Waals surface area contributed by atoms with E-state index in [1.165, 1.54) is 0 Å². The van der Waals surface area contributed by atoms with Gasteiger partial charge < -0.3 is 33.1 Å². The van der Waals surface area contributed by atoms with E-state index in [0.29, 0.717) is 45.5 Å². The Bertz CT molecular complexity index is 8280. The summed E-state index contributed by atoms with van der Waals surface area (Å²) in [7, 11) is 0. The number of anilines is 12. The lowest BCUT2D eigenvalue weighted by Gasteiger charge is -2.46. The van der Waals surface area contributed by atoms with E-state index in [1.54, 1.807) is 18.9 Å². The first-order chi connectivity index (χ1) is 66.5. The lowest BCUT2D eigenvalue weighted by atomic mass is 9.33. The van der Waals surface area contributed by atoms with E-state index in [0.717, 1.165) is 122 Å². The van der Waals surface area contributed by atoms with Gasteiger partial charge in [-0.2, -0.15) is 0 Å². The molecule has 0 N–H and O–H groups in total. The average molecular weight is 1570 g/mol. The van der Waals surface area contributed by atoms with Crippen LogP contribution >= 0.6 is 0 Å². The largest absolute Gasteiger partial charge is 0.310 e. The SMILES string of the molecule is [2H]c1c([2H])c([2H])c2c(c1[2H])c1c([2H])c(N(c3ccccc3)c3ccccc3)c([2H])c([2H])c1n2-c1ccc2c(c1)N(c1c(-c3ccccc3)cccc1-c1ccccc1)c1c3c(c4c5ccccc5n5c6ccccc6c1c45)N(c1c(-c4ccccc4)cccc1-c1ccccc1)c1cc(-n4c5c([2H])c([2H])c([2H])c([2H])c5c5c([2H])c(N(c6ccccc6)c6ccccc6)c([2H])c([2H])c54)ccc1B23. The highest BCUT2D eigenvalue weighted by atomic mass is 15.2. The van der Waals surface area contributed by atoms with Crippen LogP contribution in [-0.4, -0.2) is 20.2 Å². The molecule has 0 saturated carbocycles. The van der Waals surface area contributed by atoms with Crippen LogP contribution in [0.1, 0.15) is 19.2 Å². The maximum Gasteiger partial charge on any atom is 0.252 e. The molecule has 0 unspecified atom stereocenters. The van der Waals surface area contributed by atoms with Gasteiger partial charge in [0.25, 0.3) is 6.71 Å². The maximum atomic E-state index is 10.8. The minimum absolute atomic E-state index is 0.00835. The molecule has 25 rings (SSSR count). The molecule has 0 fully saturated rings. The molecule has 568 valence electrons. The predicted molar refractivity (Wildman–Crippen MR) is 515 cm³/mol. The fourth-order valence-corrected chi connectivity index (χ4v) is 19.6. The van der Waals surface area contributed by atoms with Crippen LogP contribution in [0.5, 0.6) is 0 Å². The molecular formula is C114H74BN7. The lowest BCUT2D eigenvalue weighted by molar-refractivity contribution is 1.17. The van der Waals surface area contributed by atoms with Crippen molar-refractivity contribution in [2.75, 3.05) is 19.6 Å². The third-order valence-electron chi connectivity index (χ3n) is 24.5. The topological polar surface area (TPSA) is 27.2 Å². The van der Waals surface area contributed by atoms with Crippen molar-refractivity contribution in [2.24, 2.45) is 0 Å². The van der Waals surface area contributed by atoms with Crippen LogP contribution < -0.4 is 36.0 Å². The van der Waals surface area contributed by atoms with Crippen molar-refractivity contribution < 1.29 is 19.2 Å². The molecule has 7 nitrogen and oxygen atoms in total. The minimum Gasteiger partial charge on any atom is -0.310 e. The minimum atomic E-state index is -0.841. The van der Waals surface area contributed by atoms with E-state index in [1.807, 2.05) is 206 Å². The molecule has 0 bridgehead atoms. The zero-order valence-electron chi connectivity index (χ0n) is 79.3. The molecule has 6 heterocycles. The van der Waals surface area contributed by atoms with Crippen LogP contribution in [0.2, 0.25) is 0 Å². The highest BCUT2D eigenvalue weighted by Crippen LogP contribution is 2.60. The van der Waals surface area contributed by atoms with Crippen molar-refractivity contribution in [3.8, 4) is 55.9 Å². The Kier molecular flexibility index (Phi) is 12.8. The molecule has 0 atom stereocenters. The Labute approximate surface area is 725 Å². The molecule has 0 spiro atoms. The van der Waals surface area contributed by atoms with Gasteiger partial charge in [-0.3, -0.25) is 0 Å². The maximum absolute atomic E-state index is 10.8. The molecular weight excluding hydrogens is 1480 g/mol. The van der Waals surface area contributed by atoms with E-state index in [9.17, 15) is 19.2 Å². The molecule has 122 heavy (non-hydrogen) atoms. The Balaban J connectivity index is 0.881. The van der Waals surface area contributed by atoms with Crippen molar-refractivity contribution in [1.82, 2.24) is 13.5 Å². The number of para-hydroxylation sites is 10. The summed E-state index contributed by atoms with van der Waals surface area (Å²) in [6, 6.07) is 115. The van der Waals surface area contributed by atoms with Crippen molar-refractivity contribution in [2.45, 2.75) is 0 Å². The molecule has 8 heteroatoms. The summed E-state index contributed by atoms with van der Waals surface area (Å²) in [5.41, 5.74) is 19.4. The van der Waals surface area contributed by atoms with Crippen molar-refractivity contribution in [3.05, 3.63) is 449 Å². The van der Waals surface area contributed by atoms with Gasteiger partial charge in [0.1, 0.15) is 0 Å². The second kappa shape index (κ2) is 27.8. The molecule has 0 aliphatic carbocycles. The van der Waals surface area contributed by atoms with Gasteiger partial charge in [0.2, 0.25) is 0 Å². The van der Waals surface area contributed by atoms with Gasteiger partial charge in [-0.15, -0.1) is 0 Å². The summed E-state index contributed by atoms with van der Waals surface area (Å²) in [6.07, 6.45) is 0. The standard InChI is InChI=1S/C114H74BN7/c1-9-35-75(36-10-1)87-55-33-56-88(76-37-11-2-12-38-76)110(87)121-105-73-85(118-99-59-29-25-51-91(99)95-71-83(65-69-103(95)118)116(79-43-17-5-18-44-79)80-45-19-6-20-46-80)63-67-97(105)115-98-68-64-86(119-100-60-30-26-52-92(100)96-72-84(66-70-104(96)119)117(81-47-21-7-22-48-81)82-49-23-8-24-50-82)74-106(98)122(111-89(77-39-13-3-14-40-77)57-34-58-90(111)78-41-15-4-16-42-78)114-108-94-54-28-32-62-102(94)120-101-61-31-27-53-93(101)107(112(108)120)113(121)109(114)115/h1-74H/i25D,26D,29D,30D,51D,52D,59D,60D,65D,66D,69D,70D,71D,72D. The highest BCUT2D eigenvalue weighted by Gasteiger charge is 2.49. The third-order valence-corrected chi connectivity index (χ3v) is 24.5. The Morgan fingerprint density at radius 3 is 0.926 bits per heavy atom. The summed E-state index contributed by atoms with van der Waals surface area (Å²) in [5.74, 6) is 0. The van der Waals surface area contributed by atoms with Crippen LogP contribution in [0.4, 0.5) is 68.2 Å². The second-order valence-corrected chi connectivity index (χ2v) is 31.1. The monoisotopic (exact) mass is 1570 g/mol. The fraction of sp³-hybridized carbons (Fsp3) is 0. The Morgan fingerprint density at radius 1 is 0.246 bits per heavy atom. The van der Waals surface area contributed by atoms with Crippen LogP contribution in [0.3, 0.4) is 0 Å². The van der Waals surface area contributed by atoms with E-state index in [2.05, 4.69) is 172 Å². The first-order valence-corrected chi connectivity index (χ1v) is 41.0. The number of hydrogen-bond donors (Lipinski definition) is 0. The summed E-state index contributed by atoms with van der Waals surface area (Å²) >= 11 is 0. The molecule has 0 amide bonds. The number of nitrogens with zero attached hydrogens (tertiary/aromatic N) is 7. The number of hydrogen-bond acceptors (Lipinski definition) is 4. The van der Waals surface area contributed by atoms with E-state index in [-0.39, 0.29) is 91.2 Å². The van der Waals surface area contributed by atoms with E-state index in [4.69, 9.17) is 0 Å². The van der Waals surface area contributed by atoms with Gasteiger partial charge >= 0.3 is 0 Å². The molecule has 0 radical (unpaired) electrons. The first kappa shape index (κ1) is 56.2. The van der Waals surface area contributed by atoms with E-state index >= 15 is 0 Å². The summed E-state index contributed by atoms with van der Waals surface area (Å²) < 4.78 is 150. The highest BCUT2D eigenvalue weighted by molar-refractivity contribution is 7.01. The van der Waals surface area contributed by atoms with Gasteiger partial charge in [0.15, 0.2) is 0 Å². The van der Waals surface area contributed by atoms with Crippen LogP contribution in [0.15, 0.2) is 449 Å². The van der Waals surface area contributed by atoms with Crippen LogP contribution in [-0.2, 0) is 0 Å². The van der Waals surface area contributed by atoms with Crippen molar-refractivity contribution >= 4 is 173 Å². The molecule has 2 aliphatic rings. The van der Waals surface area contributed by atoms with Crippen molar-refractivity contribution in [1.29, 1.82) is 0 Å². The van der Waals surface area contributed by atoms with Gasteiger partial charge in [-0.1, -0.05) is 315 Å². The third kappa shape index (κ3) is 10.5. The van der Waals surface area contributed by atoms with Gasteiger partial charge in [0, 0.05) is 122 Å². The Morgan fingerprint density at radius 2 is 0.566 bits per heavy atom. The Hall–Kier alpha value is -16.2. The zero-order valence-corrected chi connectivity index (χ0v) is 65.3. The van der Waals surface area contributed by atoms with Gasteiger partial charge in [0.05, 0.1) is 80.6 Å². The van der Waals surface area contributed by atoms with Gasteiger partial charge in [-0.25, -0.2) is 0 Å². The predicted octanol–water partition coefficient (Wildman–Crippen LogP) is 28.7. The number of fused-ring (bicyclic) bond motifs is 18. The molecule has 4 aromatic heterocycles. The van der Waals surface area contributed by atoms with Crippen molar-refractivity contribution in [3.63, 3.8) is 0 Å². The zero-order chi connectivity index (χ0) is 92.2. The average Bonchev–Trinajstić information content (AvgIpc) is 1.45. The van der Waals surface area contributed by atoms with Crippen LogP contribution in [0, 0.1) is 0 Å². The molecule has 2 aliphatic heterocycles. The fourth-order valence-electron chi connectivity index (χ4n) is 19.6. The molecule has 19 aromatic carbocycles. The summed E-state index contributed by atoms with van der Waals surface area (Å²) in [6.45, 7) is -0.841. The molecule has 23 aromatic rings. The summed E-state index contributed by atoms with van der Waals surface area (Å²) in [4.78, 5) is 8.38. The van der Waals surface area contributed by atoms with Gasteiger partial charge in [-0.05, 0) is 172 Å². The van der Waals surface area contributed by atoms with E-state index < -0.39 is 55.1 Å². The summed E-state index contributed by atoms with van der Waals surface area (Å²) in [5, 5.41) is 3.71. The number of aromatic nitrogens is 3. The molecule has 0 saturated heterocycles. The lowest BCUT2D eigenvalue weighted by Crippen LogP contribution is -2.61. The van der Waals surface area contributed by atoms with Crippen LogP contribution in [0.25, 0.3) is 138 Å². The quantitative estimate of drug-likeness (QED) is 0.101. The number of benzene rings is 19. The smallest absolute Gasteiger partial charge is 0.252 e.